The molecule has 0 unspecified atom stereocenters. The summed E-state index contributed by atoms with van der Waals surface area (Å²) in [5.41, 5.74) is 1.28. The third-order valence-corrected chi connectivity index (χ3v) is 1.71. The number of rotatable bonds is 2. The maximum Gasteiger partial charge on any atom is 0.158 e. The van der Waals surface area contributed by atoms with Crippen molar-refractivity contribution in [2.45, 2.75) is 27.2 Å². The molecule has 0 spiro atoms. The van der Waals surface area contributed by atoms with Crippen molar-refractivity contribution in [1.82, 2.24) is 5.32 Å². The van der Waals surface area contributed by atoms with Crippen molar-refractivity contribution in [2.75, 3.05) is 6.73 Å². The summed E-state index contributed by atoms with van der Waals surface area (Å²) < 4.78 is 5.34. The van der Waals surface area contributed by atoms with Crippen LogP contribution in [0.15, 0.2) is 11.5 Å². The van der Waals surface area contributed by atoms with Crippen LogP contribution in [0.5, 0.6) is 0 Å². The van der Waals surface area contributed by atoms with Crippen LogP contribution < -0.4 is 5.32 Å². The molecule has 0 radical (unpaired) electrons. The highest BCUT2D eigenvalue weighted by Crippen LogP contribution is 2.19. The van der Waals surface area contributed by atoms with Gasteiger partial charge < -0.3 is 10.1 Å². The quantitative estimate of drug-likeness (QED) is 0.633. The van der Waals surface area contributed by atoms with Gasteiger partial charge >= 0.3 is 0 Å². The van der Waals surface area contributed by atoms with E-state index >= 15 is 0 Å². The summed E-state index contributed by atoms with van der Waals surface area (Å²) in [6.45, 7) is 7.13. The molecular weight excluding hydrogens is 126 g/mol. The van der Waals surface area contributed by atoms with Crippen LogP contribution in [0.2, 0.25) is 0 Å². The summed E-state index contributed by atoms with van der Waals surface area (Å²) in [6.07, 6.45) is 1.00. The number of hydrogen-bond donors (Lipinski definition) is 1. The molecule has 1 heterocycles. The van der Waals surface area contributed by atoms with Gasteiger partial charge in [-0.3, -0.25) is 0 Å². The molecule has 0 aromatic heterocycles. The Kier molecular flexibility index (Phi) is 2.20. The minimum Gasteiger partial charge on any atom is -0.476 e. The van der Waals surface area contributed by atoms with Gasteiger partial charge in [-0.05, 0) is 5.92 Å². The SMILES string of the molecule is CCC1=C(C(C)C)NCO1. The van der Waals surface area contributed by atoms with Crippen LogP contribution in [0.3, 0.4) is 0 Å². The van der Waals surface area contributed by atoms with Crippen molar-refractivity contribution >= 4 is 0 Å². The number of nitrogens with one attached hydrogen (secondary N) is 1. The first-order chi connectivity index (χ1) is 4.75. The smallest absolute Gasteiger partial charge is 0.158 e. The van der Waals surface area contributed by atoms with Gasteiger partial charge in [0.1, 0.15) is 5.76 Å². The predicted molar refractivity (Wildman–Crippen MR) is 41.2 cm³/mol. The van der Waals surface area contributed by atoms with Gasteiger partial charge in [0.15, 0.2) is 6.73 Å². The Bertz CT molecular complexity index is 149. The summed E-state index contributed by atoms with van der Waals surface area (Å²) in [6, 6.07) is 0. The Morgan fingerprint density at radius 3 is 2.70 bits per heavy atom. The van der Waals surface area contributed by atoms with E-state index in [1.54, 1.807) is 0 Å². The van der Waals surface area contributed by atoms with Crippen molar-refractivity contribution in [3.8, 4) is 0 Å². The van der Waals surface area contributed by atoms with Crippen molar-refractivity contribution in [1.29, 1.82) is 0 Å². The molecule has 0 atom stereocenters. The van der Waals surface area contributed by atoms with E-state index < -0.39 is 0 Å². The topological polar surface area (TPSA) is 21.3 Å². The second-order valence-corrected chi connectivity index (χ2v) is 2.81. The first-order valence-corrected chi connectivity index (χ1v) is 3.85. The molecule has 0 aromatic rings. The lowest BCUT2D eigenvalue weighted by Gasteiger charge is -2.05. The van der Waals surface area contributed by atoms with Crippen LogP contribution in [0.25, 0.3) is 0 Å². The molecule has 0 aromatic carbocycles. The van der Waals surface area contributed by atoms with Gasteiger partial charge in [0.25, 0.3) is 0 Å². The molecule has 1 aliphatic rings. The summed E-state index contributed by atoms with van der Waals surface area (Å²) in [5.74, 6) is 1.70. The molecule has 2 nitrogen and oxygen atoms in total. The largest absolute Gasteiger partial charge is 0.476 e. The molecule has 1 N–H and O–H groups in total. The highest BCUT2D eigenvalue weighted by molar-refractivity contribution is 5.11. The van der Waals surface area contributed by atoms with E-state index in [4.69, 9.17) is 4.74 Å². The second kappa shape index (κ2) is 2.95. The van der Waals surface area contributed by atoms with Crippen LogP contribution in [-0.4, -0.2) is 6.73 Å². The van der Waals surface area contributed by atoms with E-state index in [0.29, 0.717) is 12.6 Å². The predicted octanol–water partition coefficient (Wildman–Crippen LogP) is 1.84. The van der Waals surface area contributed by atoms with Crippen molar-refractivity contribution in [3.05, 3.63) is 11.5 Å². The fraction of sp³-hybridized carbons (Fsp3) is 0.750. The van der Waals surface area contributed by atoms with E-state index in [1.165, 1.54) is 5.70 Å². The molecule has 0 bridgehead atoms. The van der Waals surface area contributed by atoms with Crippen molar-refractivity contribution in [3.63, 3.8) is 0 Å². The minimum absolute atomic E-state index is 0.567. The summed E-state index contributed by atoms with van der Waals surface area (Å²) in [7, 11) is 0. The van der Waals surface area contributed by atoms with Gasteiger partial charge in [-0.2, -0.15) is 0 Å². The Morgan fingerprint density at radius 1 is 1.60 bits per heavy atom. The number of ether oxygens (including phenoxy) is 1. The molecule has 58 valence electrons. The maximum absolute atomic E-state index is 5.34. The van der Waals surface area contributed by atoms with Crippen LogP contribution in [0.1, 0.15) is 27.2 Å². The lowest BCUT2D eigenvalue weighted by molar-refractivity contribution is 0.225. The van der Waals surface area contributed by atoms with Crippen molar-refractivity contribution < 1.29 is 4.74 Å². The van der Waals surface area contributed by atoms with Crippen molar-refractivity contribution in [2.24, 2.45) is 5.92 Å². The average Bonchev–Trinajstić information content (AvgIpc) is 2.33. The monoisotopic (exact) mass is 141 g/mol. The van der Waals surface area contributed by atoms with E-state index in [0.717, 1.165) is 12.2 Å². The van der Waals surface area contributed by atoms with E-state index in [9.17, 15) is 0 Å². The number of hydrogen-bond acceptors (Lipinski definition) is 2. The molecule has 10 heavy (non-hydrogen) atoms. The Labute approximate surface area is 62.3 Å². The molecule has 0 aliphatic carbocycles. The zero-order valence-corrected chi connectivity index (χ0v) is 6.90. The fourth-order valence-corrected chi connectivity index (χ4v) is 1.20. The molecule has 1 aliphatic heterocycles. The molecule has 1 rings (SSSR count). The Hall–Kier alpha value is -0.660. The third kappa shape index (κ3) is 1.25. The molecule has 2 heteroatoms. The first-order valence-electron chi connectivity index (χ1n) is 3.85. The van der Waals surface area contributed by atoms with Crippen LogP contribution in [0.4, 0.5) is 0 Å². The van der Waals surface area contributed by atoms with Crippen LogP contribution in [0, 0.1) is 5.92 Å². The van der Waals surface area contributed by atoms with Crippen LogP contribution in [-0.2, 0) is 4.74 Å². The van der Waals surface area contributed by atoms with Gasteiger partial charge in [-0.15, -0.1) is 0 Å². The fourth-order valence-electron chi connectivity index (χ4n) is 1.20. The van der Waals surface area contributed by atoms with Gasteiger partial charge in [-0.25, -0.2) is 0 Å². The third-order valence-electron chi connectivity index (χ3n) is 1.71. The molecule has 0 fully saturated rings. The van der Waals surface area contributed by atoms with Gasteiger partial charge in [0.2, 0.25) is 0 Å². The van der Waals surface area contributed by atoms with E-state index in [-0.39, 0.29) is 0 Å². The van der Waals surface area contributed by atoms with E-state index in [2.05, 4.69) is 26.1 Å². The van der Waals surface area contributed by atoms with Gasteiger partial charge in [-0.1, -0.05) is 20.8 Å². The standard InChI is InChI=1S/C8H15NO/c1-4-7-8(6(2)3)9-5-10-7/h6,9H,4-5H2,1-3H3. The second-order valence-electron chi connectivity index (χ2n) is 2.81. The van der Waals surface area contributed by atoms with Gasteiger partial charge in [0.05, 0.1) is 5.70 Å². The highest BCUT2D eigenvalue weighted by Gasteiger charge is 2.15. The summed E-state index contributed by atoms with van der Waals surface area (Å²) >= 11 is 0. The Morgan fingerprint density at radius 2 is 2.30 bits per heavy atom. The summed E-state index contributed by atoms with van der Waals surface area (Å²) in [4.78, 5) is 0. The molecule has 0 saturated carbocycles. The zero-order chi connectivity index (χ0) is 7.56. The normalized spacial score (nSPS) is 17.6. The molecule has 0 amide bonds. The molecule has 0 saturated heterocycles. The number of allylic oxidation sites excluding steroid dienone is 2. The maximum atomic E-state index is 5.34. The minimum atomic E-state index is 0.567. The van der Waals surface area contributed by atoms with Gasteiger partial charge in [0, 0.05) is 6.42 Å². The zero-order valence-electron chi connectivity index (χ0n) is 6.90. The first kappa shape index (κ1) is 7.45. The molecular formula is C8H15NO. The lowest BCUT2D eigenvalue weighted by Crippen LogP contribution is -2.12. The highest BCUT2D eigenvalue weighted by atomic mass is 16.5. The Balaban J connectivity index is 2.68. The van der Waals surface area contributed by atoms with E-state index in [1.807, 2.05) is 0 Å². The summed E-state index contributed by atoms with van der Waals surface area (Å²) in [5, 5.41) is 3.21. The lowest BCUT2D eigenvalue weighted by atomic mass is 10.1. The van der Waals surface area contributed by atoms with Crippen LogP contribution >= 0.6 is 0 Å². The average molecular weight is 141 g/mol.